The fourth-order valence-corrected chi connectivity index (χ4v) is 4.71. The van der Waals surface area contributed by atoms with Gasteiger partial charge in [-0.05, 0) is 60.6 Å². The number of nitrogens with zero attached hydrogens (tertiary/aromatic N) is 4. The third-order valence-corrected chi connectivity index (χ3v) is 6.44. The molecule has 3 heterocycles. The number of rotatable bonds is 5. The van der Waals surface area contributed by atoms with Gasteiger partial charge in [0.1, 0.15) is 11.5 Å². The summed E-state index contributed by atoms with van der Waals surface area (Å²) in [5, 5.41) is 11.1. The molecule has 0 unspecified atom stereocenters. The summed E-state index contributed by atoms with van der Waals surface area (Å²) in [6, 6.07) is 13.7. The Bertz CT molecular complexity index is 1370. The second-order valence-corrected chi connectivity index (χ2v) is 8.28. The smallest absolute Gasteiger partial charge is 0.218 e. The molecule has 0 saturated heterocycles. The largest absolute Gasteiger partial charge is 0.497 e. The highest BCUT2D eigenvalue weighted by atomic mass is 32.1. The molecule has 2 aromatic heterocycles. The molecule has 0 spiro atoms. The molecule has 0 aliphatic carbocycles. The van der Waals surface area contributed by atoms with E-state index in [0.29, 0.717) is 24.3 Å². The van der Waals surface area contributed by atoms with Crippen molar-refractivity contribution in [3.8, 4) is 23.1 Å². The van der Waals surface area contributed by atoms with Crippen LogP contribution in [0, 0.1) is 11.7 Å². The van der Waals surface area contributed by atoms with Crippen LogP contribution in [0.15, 0.2) is 48.8 Å². The SMILES string of the molecule is COc1ccc(-n2c(O)c3n(c2=S)Cc2ncn(Cc4ccc(OC)c(C)c4)c2C3)cc1. The number of aryl methyl sites for hydroxylation is 1. The predicted octanol–water partition coefficient (Wildman–Crippen LogP) is 4.24. The summed E-state index contributed by atoms with van der Waals surface area (Å²) in [5.74, 6) is 1.80. The molecule has 1 aliphatic heterocycles. The number of fused-ring (bicyclic) bond motifs is 2. The second kappa shape index (κ2) is 7.87. The van der Waals surface area contributed by atoms with Crippen molar-refractivity contribution in [2.75, 3.05) is 14.2 Å². The van der Waals surface area contributed by atoms with Crippen LogP contribution in [0.25, 0.3) is 5.69 Å². The van der Waals surface area contributed by atoms with Gasteiger partial charge in [-0.3, -0.25) is 4.57 Å². The molecule has 7 nitrogen and oxygen atoms in total. The van der Waals surface area contributed by atoms with Crippen molar-refractivity contribution < 1.29 is 14.6 Å². The highest BCUT2D eigenvalue weighted by Crippen LogP contribution is 2.33. The first kappa shape index (κ1) is 20.4. The molecule has 0 bridgehead atoms. The Morgan fingerprint density at radius 2 is 1.84 bits per heavy atom. The molecule has 5 rings (SSSR count). The highest BCUT2D eigenvalue weighted by Gasteiger charge is 2.27. The monoisotopic (exact) mass is 448 g/mol. The molecule has 0 amide bonds. The quantitative estimate of drug-likeness (QED) is 0.408. The van der Waals surface area contributed by atoms with E-state index in [1.165, 1.54) is 5.56 Å². The van der Waals surface area contributed by atoms with Crippen LogP contribution in [-0.2, 0) is 19.5 Å². The molecule has 1 aliphatic rings. The van der Waals surface area contributed by atoms with Crippen LogP contribution < -0.4 is 9.47 Å². The van der Waals surface area contributed by atoms with Crippen LogP contribution in [0.1, 0.15) is 28.2 Å². The van der Waals surface area contributed by atoms with Crippen molar-refractivity contribution in [2.24, 2.45) is 0 Å². The number of hydrogen-bond donors (Lipinski definition) is 1. The van der Waals surface area contributed by atoms with Gasteiger partial charge in [0, 0.05) is 18.7 Å². The molecule has 164 valence electrons. The molecule has 2 aromatic carbocycles. The molecular formula is C24H24N4O3S. The van der Waals surface area contributed by atoms with Crippen molar-refractivity contribution in [1.82, 2.24) is 18.7 Å². The predicted molar refractivity (Wildman–Crippen MR) is 124 cm³/mol. The van der Waals surface area contributed by atoms with Crippen molar-refractivity contribution >= 4 is 12.2 Å². The Balaban J connectivity index is 1.48. The van der Waals surface area contributed by atoms with Crippen LogP contribution in [-0.4, -0.2) is 38.0 Å². The lowest BCUT2D eigenvalue weighted by molar-refractivity contribution is 0.411. The minimum atomic E-state index is 0.166. The third kappa shape index (κ3) is 3.27. The standard InChI is InChI=1S/C24H24N4O3S/c1-15-10-16(4-9-22(15)31-3)12-26-14-25-19-13-27-21(11-20(19)26)23(29)28(24(27)32)17-5-7-18(30-2)8-6-17/h4-10,14,29H,11-13H2,1-3H3. The van der Waals surface area contributed by atoms with Gasteiger partial charge >= 0.3 is 0 Å². The lowest BCUT2D eigenvalue weighted by atomic mass is 10.1. The maximum atomic E-state index is 11.1. The number of aromatic nitrogens is 4. The molecular weight excluding hydrogens is 424 g/mol. The Kier molecular flexibility index (Phi) is 5.01. The molecule has 8 heteroatoms. The summed E-state index contributed by atoms with van der Waals surface area (Å²) in [4.78, 5) is 4.65. The topological polar surface area (TPSA) is 66.4 Å². The molecule has 32 heavy (non-hydrogen) atoms. The Labute approximate surface area is 191 Å². The van der Waals surface area contributed by atoms with E-state index in [4.69, 9.17) is 21.7 Å². The van der Waals surface area contributed by atoms with Gasteiger partial charge in [0.25, 0.3) is 0 Å². The van der Waals surface area contributed by atoms with E-state index in [1.807, 2.05) is 48.1 Å². The molecule has 0 saturated carbocycles. The number of benzene rings is 2. The Morgan fingerprint density at radius 1 is 1.06 bits per heavy atom. The fourth-order valence-electron chi connectivity index (χ4n) is 4.34. The van der Waals surface area contributed by atoms with Gasteiger partial charge in [-0.2, -0.15) is 0 Å². The average Bonchev–Trinajstić information content (AvgIpc) is 3.30. The van der Waals surface area contributed by atoms with Crippen molar-refractivity contribution in [2.45, 2.75) is 26.4 Å². The van der Waals surface area contributed by atoms with Crippen molar-refractivity contribution in [3.05, 3.63) is 81.8 Å². The van der Waals surface area contributed by atoms with Gasteiger partial charge in [-0.15, -0.1) is 0 Å². The van der Waals surface area contributed by atoms with E-state index in [2.05, 4.69) is 21.7 Å². The zero-order chi connectivity index (χ0) is 22.4. The normalized spacial score (nSPS) is 12.3. The zero-order valence-electron chi connectivity index (χ0n) is 18.2. The first-order valence-electron chi connectivity index (χ1n) is 10.3. The van der Waals surface area contributed by atoms with Gasteiger partial charge in [0.2, 0.25) is 5.88 Å². The van der Waals surface area contributed by atoms with Crippen LogP contribution in [0.3, 0.4) is 0 Å². The van der Waals surface area contributed by atoms with Crippen molar-refractivity contribution in [3.63, 3.8) is 0 Å². The molecule has 0 fully saturated rings. The molecule has 0 radical (unpaired) electrons. The van der Waals surface area contributed by atoms with Gasteiger partial charge in [-0.25, -0.2) is 4.98 Å². The first-order valence-corrected chi connectivity index (χ1v) is 10.7. The average molecular weight is 449 g/mol. The molecule has 4 aromatic rings. The van der Waals surface area contributed by atoms with E-state index in [9.17, 15) is 5.11 Å². The van der Waals surface area contributed by atoms with E-state index in [1.54, 1.807) is 18.8 Å². The summed E-state index contributed by atoms with van der Waals surface area (Å²) >= 11 is 5.71. The van der Waals surface area contributed by atoms with Crippen LogP contribution in [0.4, 0.5) is 0 Å². The van der Waals surface area contributed by atoms with Crippen molar-refractivity contribution in [1.29, 1.82) is 0 Å². The number of imidazole rings is 2. The van der Waals surface area contributed by atoms with Crippen LogP contribution in [0.2, 0.25) is 0 Å². The van der Waals surface area contributed by atoms with E-state index >= 15 is 0 Å². The summed E-state index contributed by atoms with van der Waals surface area (Å²) in [7, 11) is 3.31. The molecule has 1 N–H and O–H groups in total. The number of ether oxygens (including phenoxy) is 2. The van der Waals surface area contributed by atoms with E-state index < -0.39 is 0 Å². The lowest BCUT2D eigenvalue weighted by Crippen LogP contribution is -2.16. The van der Waals surface area contributed by atoms with Gasteiger partial charge in [0.15, 0.2) is 4.77 Å². The number of aromatic hydroxyl groups is 1. The lowest BCUT2D eigenvalue weighted by Gasteiger charge is -2.17. The minimum Gasteiger partial charge on any atom is -0.497 e. The highest BCUT2D eigenvalue weighted by molar-refractivity contribution is 7.71. The minimum absolute atomic E-state index is 0.166. The number of methoxy groups -OCH3 is 2. The van der Waals surface area contributed by atoms with E-state index in [0.717, 1.165) is 39.8 Å². The van der Waals surface area contributed by atoms with Gasteiger partial charge in [-0.1, -0.05) is 12.1 Å². The van der Waals surface area contributed by atoms with E-state index in [-0.39, 0.29) is 5.88 Å². The maximum absolute atomic E-state index is 11.1. The van der Waals surface area contributed by atoms with Crippen LogP contribution >= 0.6 is 12.2 Å². The summed E-state index contributed by atoms with van der Waals surface area (Å²) in [5.41, 5.74) is 5.93. The first-order chi connectivity index (χ1) is 15.5. The third-order valence-electron chi connectivity index (χ3n) is 6.04. The van der Waals surface area contributed by atoms with Crippen LogP contribution in [0.5, 0.6) is 17.4 Å². The summed E-state index contributed by atoms with van der Waals surface area (Å²) in [6.45, 7) is 3.28. The maximum Gasteiger partial charge on any atom is 0.218 e. The van der Waals surface area contributed by atoms with Gasteiger partial charge in [0.05, 0.1) is 44.2 Å². The summed E-state index contributed by atoms with van der Waals surface area (Å²) in [6.07, 6.45) is 2.43. The summed E-state index contributed by atoms with van der Waals surface area (Å²) < 4.78 is 17.0. The number of hydrogen-bond acceptors (Lipinski definition) is 5. The Morgan fingerprint density at radius 3 is 2.53 bits per heavy atom. The zero-order valence-corrected chi connectivity index (χ0v) is 19.0. The van der Waals surface area contributed by atoms with Gasteiger partial charge < -0.3 is 23.7 Å². The molecule has 0 atom stereocenters. The second-order valence-electron chi connectivity index (χ2n) is 7.92. The fraction of sp³-hybridized carbons (Fsp3) is 0.250. The Hall–Kier alpha value is -3.52.